The molecule has 2 aromatic rings. The van der Waals surface area contributed by atoms with Crippen molar-refractivity contribution in [1.29, 1.82) is 0 Å². The lowest BCUT2D eigenvalue weighted by atomic mass is 9.86. The largest absolute Gasteiger partial charge is 0.322 e. The van der Waals surface area contributed by atoms with Crippen LogP contribution in [0.1, 0.15) is 41.5 Å². The third-order valence-electron chi connectivity index (χ3n) is 5.95. The number of nitrogens with zero attached hydrogens (tertiary/aromatic N) is 1. The molecular formula is C21H22FN3O3. The Hall–Kier alpha value is -2.96. The summed E-state index contributed by atoms with van der Waals surface area (Å²) in [5.74, 6) is -0.315. The van der Waals surface area contributed by atoms with Gasteiger partial charge in [0.25, 0.3) is 11.5 Å². The number of amides is 3. The van der Waals surface area contributed by atoms with Crippen molar-refractivity contribution in [1.82, 2.24) is 15.2 Å². The smallest absolute Gasteiger partial charge is 0.318 e. The van der Waals surface area contributed by atoms with Crippen molar-refractivity contribution in [2.24, 2.45) is 5.92 Å². The molecule has 0 radical (unpaired) electrons. The Morgan fingerprint density at radius 2 is 1.96 bits per heavy atom. The zero-order valence-electron chi connectivity index (χ0n) is 16.0. The molecule has 7 heteroatoms. The summed E-state index contributed by atoms with van der Waals surface area (Å²) in [6.45, 7) is 5.38. The summed E-state index contributed by atoms with van der Waals surface area (Å²) in [6.07, 6.45) is 2.52. The molecule has 3 amide bonds. The van der Waals surface area contributed by atoms with Gasteiger partial charge in [-0.1, -0.05) is 19.1 Å². The van der Waals surface area contributed by atoms with Gasteiger partial charge in [0.05, 0.1) is 6.54 Å². The Kier molecular flexibility index (Phi) is 4.14. The molecule has 1 saturated heterocycles. The molecule has 2 fully saturated rings. The van der Waals surface area contributed by atoms with Gasteiger partial charge < -0.3 is 9.88 Å². The first-order valence-corrected chi connectivity index (χ1v) is 9.33. The molecule has 4 rings (SSSR count). The van der Waals surface area contributed by atoms with Crippen molar-refractivity contribution in [3.05, 3.63) is 68.9 Å². The van der Waals surface area contributed by atoms with Crippen LogP contribution in [0.2, 0.25) is 0 Å². The number of nitrogens with one attached hydrogen (secondary N) is 2. The number of hydrogen-bond acceptors (Lipinski definition) is 3. The van der Waals surface area contributed by atoms with E-state index < -0.39 is 23.3 Å². The molecule has 1 aliphatic carbocycles. The fourth-order valence-corrected chi connectivity index (χ4v) is 4.02. The first-order chi connectivity index (χ1) is 13.2. The quantitative estimate of drug-likeness (QED) is 0.796. The van der Waals surface area contributed by atoms with Gasteiger partial charge in [0, 0.05) is 11.8 Å². The van der Waals surface area contributed by atoms with E-state index >= 15 is 0 Å². The van der Waals surface area contributed by atoms with Crippen molar-refractivity contribution in [3.63, 3.8) is 0 Å². The van der Waals surface area contributed by atoms with Gasteiger partial charge in [-0.25, -0.2) is 9.18 Å². The Balaban J connectivity index is 1.87. The summed E-state index contributed by atoms with van der Waals surface area (Å²) in [6, 6.07) is 5.81. The van der Waals surface area contributed by atoms with E-state index in [2.05, 4.69) is 17.6 Å². The van der Waals surface area contributed by atoms with E-state index in [9.17, 15) is 18.8 Å². The van der Waals surface area contributed by atoms with Crippen LogP contribution in [0.15, 0.2) is 35.3 Å². The molecule has 28 heavy (non-hydrogen) atoms. The minimum absolute atomic E-state index is 0.118. The fraction of sp³-hybridized carbons (Fsp3) is 0.381. The molecule has 2 N–H and O–H groups in total. The zero-order chi connectivity index (χ0) is 20.2. The van der Waals surface area contributed by atoms with Gasteiger partial charge in [0.1, 0.15) is 5.82 Å². The highest BCUT2D eigenvalue weighted by Gasteiger charge is 2.49. The molecule has 6 nitrogen and oxygen atoms in total. The Morgan fingerprint density at radius 3 is 2.57 bits per heavy atom. The Morgan fingerprint density at radius 1 is 1.25 bits per heavy atom. The molecule has 3 atom stereocenters. The van der Waals surface area contributed by atoms with E-state index in [1.807, 2.05) is 0 Å². The SMILES string of the molecule is Cc1c(F)cc(C2(Cn3cccc(C)c3=O)NC(=O)NC2=O)cc1[C@H]1CC1C. The maximum atomic E-state index is 14.8. The number of pyridine rings is 1. The molecule has 146 valence electrons. The Labute approximate surface area is 161 Å². The van der Waals surface area contributed by atoms with E-state index in [0.29, 0.717) is 22.6 Å². The molecule has 2 heterocycles. The second-order valence-corrected chi connectivity index (χ2v) is 7.93. The number of aryl methyl sites for hydroxylation is 1. The minimum Gasteiger partial charge on any atom is -0.318 e. The van der Waals surface area contributed by atoms with Crippen LogP contribution >= 0.6 is 0 Å². The summed E-state index contributed by atoms with van der Waals surface area (Å²) in [4.78, 5) is 37.3. The number of rotatable bonds is 4. The highest BCUT2D eigenvalue weighted by Crippen LogP contribution is 2.49. The molecule has 1 saturated carbocycles. The number of urea groups is 1. The molecule has 1 aromatic carbocycles. The molecule has 1 aliphatic heterocycles. The molecule has 1 aromatic heterocycles. The van der Waals surface area contributed by atoms with Crippen molar-refractivity contribution in [2.45, 2.75) is 45.2 Å². The first-order valence-electron chi connectivity index (χ1n) is 9.33. The fourth-order valence-electron chi connectivity index (χ4n) is 4.02. The monoisotopic (exact) mass is 383 g/mol. The maximum Gasteiger partial charge on any atom is 0.322 e. The van der Waals surface area contributed by atoms with E-state index in [1.54, 1.807) is 38.2 Å². The number of hydrogen-bond donors (Lipinski definition) is 2. The van der Waals surface area contributed by atoms with Gasteiger partial charge >= 0.3 is 6.03 Å². The van der Waals surface area contributed by atoms with Crippen LogP contribution in [0.4, 0.5) is 9.18 Å². The molecule has 0 spiro atoms. The second-order valence-electron chi connectivity index (χ2n) is 7.93. The molecule has 0 bridgehead atoms. The number of carbonyl (C=O) groups excluding carboxylic acids is 2. The van der Waals surface area contributed by atoms with Crippen molar-refractivity contribution in [2.75, 3.05) is 0 Å². The van der Waals surface area contributed by atoms with Crippen molar-refractivity contribution < 1.29 is 14.0 Å². The van der Waals surface area contributed by atoms with Crippen LogP contribution in [0.3, 0.4) is 0 Å². The van der Waals surface area contributed by atoms with Crippen LogP contribution in [0, 0.1) is 25.6 Å². The van der Waals surface area contributed by atoms with Crippen LogP contribution in [0.5, 0.6) is 0 Å². The first kappa shape index (κ1) is 18.4. The summed E-state index contributed by atoms with van der Waals surface area (Å²) in [5.41, 5.74) is 0.472. The lowest BCUT2D eigenvalue weighted by Crippen LogP contribution is -2.49. The van der Waals surface area contributed by atoms with Gasteiger partial charge in [0.15, 0.2) is 5.54 Å². The standard InChI is InChI=1S/C21H22FN3O3/c1-11-5-4-6-25(18(11)26)10-21(19(27)23-20(28)24-21)14-8-16(15-7-12(15)2)13(3)17(22)9-14/h4-6,8-9,12,15H,7,10H2,1-3H3,(H2,23,24,27,28)/t12?,15-,21?/m0/s1. The van der Waals surface area contributed by atoms with E-state index in [0.717, 1.165) is 12.0 Å². The van der Waals surface area contributed by atoms with E-state index in [4.69, 9.17) is 0 Å². The van der Waals surface area contributed by atoms with Gasteiger partial charge in [-0.2, -0.15) is 0 Å². The Bertz CT molecular complexity index is 1060. The second kappa shape index (κ2) is 6.29. The summed E-state index contributed by atoms with van der Waals surface area (Å²) >= 11 is 0. The van der Waals surface area contributed by atoms with Gasteiger partial charge in [-0.05, 0) is 60.9 Å². The molecule has 2 aliphatic rings. The topological polar surface area (TPSA) is 80.2 Å². The summed E-state index contributed by atoms with van der Waals surface area (Å²) in [5, 5.41) is 4.89. The van der Waals surface area contributed by atoms with Gasteiger partial charge in [-0.15, -0.1) is 0 Å². The zero-order valence-corrected chi connectivity index (χ0v) is 16.0. The van der Waals surface area contributed by atoms with Crippen molar-refractivity contribution in [3.8, 4) is 0 Å². The number of benzene rings is 1. The summed E-state index contributed by atoms with van der Waals surface area (Å²) < 4.78 is 16.1. The van der Waals surface area contributed by atoms with Crippen LogP contribution in [-0.2, 0) is 16.9 Å². The van der Waals surface area contributed by atoms with E-state index in [-0.39, 0.29) is 18.0 Å². The lowest BCUT2D eigenvalue weighted by Gasteiger charge is -2.28. The number of halogens is 1. The number of aromatic nitrogens is 1. The predicted octanol–water partition coefficient (Wildman–Crippen LogP) is 2.46. The molecular weight excluding hydrogens is 361 g/mol. The van der Waals surface area contributed by atoms with Crippen LogP contribution < -0.4 is 16.2 Å². The number of carbonyl (C=O) groups is 2. The van der Waals surface area contributed by atoms with Gasteiger partial charge in [-0.3, -0.25) is 14.9 Å². The highest BCUT2D eigenvalue weighted by atomic mass is 19.1. The minimum atomic E-state index is -1.55. The third-order valence-corrected chi connectivity index (χ3v) is 5.95. The normalized spacial score (nSPS) is 26.1. The number of imide groups is 1. The highest BCUT2D eigenvalue weighted by molar-refractivity contribution is 6.07. The van der Waals surface area contributed by atoms with Crippen LogP contribution in [-0.4, -0.2) is 16.5 Å². The average Bonchev–Trinajstić information content (AvgIpc) is 3.28. The van der Waals surface area contributed by atoms with Gasteiger partial charge in [0.2, 0.25) is 0 Å². The van der Waals surface area contributed by atoms with Crippen molar-refractivity contribution >= 4 is 11.9 Å². The van der Waals surface area contributed by atoms with Crippen LogP contribution in [0.25, 0.3) is 0 Å². The third kappa shape index (κ3) is 2.82. The lowest BCUT2D eigenvalue weighted by molar-refractivity contribution is -0.124. The average molecular weight is 383 g/mol. The van der Waals surface area contributed by atoms with E-state index in [1.165, 1.54) is 10.6 Å². The predicted molar refractivity (Wildman–Crippen MR) is 101 cm³/mol. The summed E-state index contributed by atoms with van der Waals surface area (Å²) in [7, 11) is 0. The molecule has 2 unspecified atom stereocenters. The maximum absolute atomic E-state index is 14.8.